The minimum Gasteiger partial charge on any atom is -0.323 e. The van der Waals surface area contributed by atoms with Crippen molar-refractivity contribution in [1.82, 2.24) is 0 Å². The smallest absolute Gasteiger partial charge is 0.0397 e. The van der Waals surface area contributed by atoms with Gasteiger partial charge in [0.05, 0.1) is 0 Å². The predicted molar refractivity (Wildman–Crippen MR) is 49.7 cm³/mol. The average Bonchev–Trinajstić information content (AvgIpc) is 2.38. The summed E-state index contributed by atoms with van der Waals surface area (Å²) in [6, 6.07) is 4.29. The normalized spacial score (nSPS) is 13.4. The van der Waals surface area contributed by atoms with Gasteiger partial charge in [-0.3, -0.25) is 0 Å². The Kier molecular flexibility index (Phi) is 3.25. The minimum atomic E-state index is 0.192. The fourth-order valence-corrected chi connectivity index (χ4v) is 1.83. The second kappa shape index (κ2) is 4.01. The van der Waals surface area contributed by atoms with Crippen LogP contribution < -0.4 is 5.73 Å². The molecule has 3 heteroatoms. The van der Waals surface area contributed by atoms with E-state index in [1.807, 2.05) is 11.4 Å². The topological polar surface area (TPSA) is 26.0 Å². The Hall–Kier alpha value is 0.01000. The van der Waals surface area contributed by atoms with Crippen LogP contribution in [0.3, 0.4) is 0 Å². The molecule has 0 amide bonds. The Morgan fingerprint density at radius 2 is 2.50 bits per heavy atom. The van der Waals surface area contributed by atoms with Crippen LogP contribution in [0.4, 0.5) is 0 Å². The molecule has 0 aliphatic rings. The average molecular weight is 173 g/mol. The molecule has 0 saturated carbocycles. The zero-order valence-corrected chi connectivity index (χ0v) is 7.37. The summed E-state index contributed by atoms with van der Waals surface area (Å²) in [4.78, 5) is 1.26. The molecule has 0 bridgehead atoms. The van der Waals surface area contributed by atoms with Crippen LogP contribution in [0.15, 0.2) is 17.5 Å². The molecule has 0 aliphatic carbocycles. The van der Waals surface area contributed by atoms with Crippen molar-refractivity contribution in [3.8, 4) is 0 Å². The maximum absolute atomic E-state index is 5.81. The Bertz CT molecular complexity index is 172. The zero-order chi connectivity index (χ0) is 7.40. The standard InChI is InChI=1S/C7H11NS2/c8-6(3-4-9)7-2-1-5-10-7/h1-2,5-6,9H,3-4,8H2. The molecule has 1 rings (SSSR count). The quantitative estimate of drug-likeness (QED) is 0.672. The van der Waals surface area contributed by atoms with Gasteiger partial charge in [-0.1, -0.05) is 6.07 Å². The third-order valence-electron chi connectivity index (χ3n) is 1.35. The second-order valence-corrected chi connectivity index (χ2v) is 3.56. The number of thiol groups is 1. The number of nitrogens with two attached hydrogens (primary N) is 1. The van der Waals surface area contributed by atoms with E-state index in [4.69, 9.17) is 5.73 Å². The van der Waals surface area contributed by atoms with E-state index in [9.17, 15) is 0 Å². The monoisotopic (exact) mass is 173 g/mol. The lowest BCUT2D eigenvalue weighted by molar-refractivity contribution is 0.720. The van der Waals surface area contributed by atoms with Crippen LogP contribution in [-0.2, 0) is 0 Å². The molecule has 1 heterocycles. The number of hydrogen-bond donors (Lipinski definition) is 2. The molecule has 0 spiro atoms. The molecule has 56 valence electrons. The molecular formula is C7H11NS2. The number of rotatable bonds is 3. The molecule has 1 aromatic rings. The SMILES string of the molecule is NC(CCS)c1cccs1. The summed E-state index contributed by atoms with van der Waals surface area (Å²) >= 11 is 5.83. The first-order valence-corrected chi connectivity index (χ1v) is 4.75. The van der Waals surface area contributed by atoms with E-state index >= 15 is 0 Å². The third-order valence-corrected chi connectivity index (χ3v) is 2.61. The van der Waals surface area contributed by atoms with Gasteiger partial charge in [0.15, 0.2) is 0 Å². The Balaban J connectivity index is 2.50. The molecule has 1 nitrogen and oxygen atoms in total. The lowest BCUT2D eigenvalue weighted by atomic mass is 10.2. The van der Waals surface area contributed by atoms with Gasteiger partial charge in [0.25, 0.3) is 0 Å². The highest BCUT2D eigenvalue weighted by molar-refractivity contribution is 7.80. The highest BCUT2D eigenvalue weighted by atomic mass is 32.1. The van der Waals surface area contributed by atoms with Gasteiger partial charge in [-0.05, 0) is 23.6 Å². The molecule has 2 N–H and O–H groups in total. The van der Waals surface area contributed by atoms with E-state index in [-0.39, 0.29) is 6.04 Å². The first-order chi connectivity index (χ1) is 4.84. The maximum Gasteiger partial charge on any atom is 0.0397 e. The molecule has 1 unspecified atom stereocenters. The van der Waals surface area contributed by atoms with Gasteiger partial charge in [-0.2, -0.15) is 12.6 Å². The van der Waals surface area contributed by atoms with Crippen LogP contribution >= 0.6 is 24.0 Å². The van der Waals surface area contributed by atoms with Gasteiger partial charge in [0.2, 0.25) is 0 Å². The van der Waals surface area contributed by atoms with Crippen molar-refractivity contribution in [3.05, 3.63) is 22.4 Å². The van der Waals surface area contributed by atoms with Crippen molar-refractivity contribution in [1.29, 1.82) is 0 Å². The van der Waals surface area contributed by atoms with Crippen LogP contribution in [0.25, 0.3) is 0 Å². The molecule has 10 heavy (non-hydrogen) atoms. The van der Waals surface area contributed by atoms with Crippen LogP contribution in [0.2, 0.25) is 0 Å². The van der Waals surface area contributed by atoms with Crippen LogP contribution in [-0.4, -0.2) is 5.75 Å². The van der Waals surface area contributed by atoms with Crippen LogP contribution in [0.1, 0.15) is 17.3 Å². The molecule has 0 aromatic carbocycles. The fourth-order valence-electron chi connectivity index (χ4n) is 0.784. The zero-order valence-electron chi connectivity index (χ0n) is 5.66. The van der Waals surface area contributed by atoms with Crippen LogP contribution in [0, 0.1) is 0 Å². The summed E-state index contributed by atoms with van der Waals surface area (Å²) < 4.78 is 0. The van der Waals surface area contributed by atoms with E-state index in [0.29, 0.717) is 0 Å². The molecule has 0 aliphatic heterocycles. The highest BCUT2D eigenvalue weighted by Crippen LogP contribution is 2.19. The van der Waals surface area contributed by atoms with Gasteiger partial charge in [-0.15, -0.1) is 11.3 Å². The largest absolute Gasteiger partial charge is 0.323 e. The Labute approximate surface area is 70.7 Å². The van der Waals surface area contributed by atoms with E-state index in [1.54, 1.807) is 11.3 Å². The van der Waals surface area contributed by atoms with Crippen molar-refractivity contribution in [2.45, 2.75) is 12.5 Å². The van der Waals surface area contributed by atoms with Gasteiger partial charge >= 0.3 is 0 Å². The summed E-state index contributed by atoms with van der Waals surface area (Å²) in [6.07, 6.45) is 0.962. The van der Waals surface area contributed by atoms with Crippen LogP contribution in [0.5, 0.6) is 0 Å². The second-order valence-electron chi connectivity index (χ2n) is 2.13. The molecule has 0 saturated heterocycles. The van der Waals surface area contributed by atoms with Crippen molar-refractivity contribution < 1.29 is 0 Å². The Morgan fingerprint density at radius 1 is 1.70 bits per heavy atom. The van der Waals surface area contributed by atoms with Gasteiger partial charge in [0.1, 0.15) is 0 Å². The lowest BCUT2D eigenvalue weighted by Crippen LogP contribution is -2.08. The Morgan fingerprint density at radius 3 is 3.00 bits per heavy atom. The molecule has 0 fully saturated rings. The molecular weight excluding hydrogens is 162 g/mol. The molecule has 1 atom stereocenters. The lowest BCUT2D eigenvalue weighted by Gasteiger charge is -2.05. The minimum absolute atomic E-state index is 0.192. The fraction of sp³-hybridized carbons (Fsp3) is 0.429. The van der Waals surface area contributed by atoms with Gasteiger partial charge in [0, 0.05) is 10.9 Å². The summed E-state index contributed by atoms with van der Waals surface area (Å²) in [5, 5.41) is 2.05. The van der Waals surface area contributed by atoms with Crippen molar-refractivity contribution in [3.63, 3.8) is 0 Å². The van der Waals surface area contributed by atoms with E-state index in [0.717, 1.165) is 12.2 Å². The van der Waals surface area contributed by atoms with Crippen molar-refractivity contribution in [2.75, 3.05) is 5.75 Å². The first-order valence-electron chi connectivity index (χ1n) is 3.24. The maximum atomic E-state index is 5.81. The summed E-state index contributed by atoms with van der Waals surface area (Å²) in [7, 11) is 0. The molecule has 0 radical (unpaired) electrons. The number of hydrogen-bond acceptors (Lipinski definition) is 3. The summed E-state index contributed by atoms with van der Waals surface area (Å²) in [5.41, 5.74) is 5.81. The summed E-state index contributed by atoms with van der Waals surface area (Å²) in [5.74, 6) is 0.860. The highest BCUT2D eigenvalue weighted by Gasteiger charge is 2.03. The summed E-state index contributed by atoms with van der Waals surface area (Å²) in [6.45, 7) is 0. The predicted octanol–water partition coefficient (Wildman–Crippen LogP) is 2.07. The first kappa shape index (κ1) is 8.11. The third kappa shape index (κ3) is 2.01. The van der Waals surface area contributed by atoms with E-state index < -0.39 is 0 Å². The van der Waals surface area contributed by atoms with Crippen molar-refractivity contribution in [2.24, 2.45) is 5.73 Å². The number of thiophene rings is 1. The van der Waals surface area contributed by atoms with Crippen molar-refractivity contribution >= 4 is 24.0 Å². The molecule has 1 aromatic heterocycles. The van der Waals surface area contributed by atoms with E-state index in [2.05, 4.69) is 18.7 Å². The van der Waals surface area contributed by atoms with Gasteiger partial charge < -0.3 is 5.73 Å². The van der Waals surface area contributed by atoms with Gasteiger partial charge in [-0.25, -0.2) is 0 Å². The van der Waals surface area contributed by atoms with E-state index in [1.165, 1.54) is 4.88 Å².